The minimum atomic E-state index is -0.355. The molecule has 8 heteroatoms. The number of carbonyl (C=O) groups is 2. The van der Waals surface area contributed by atoms with Gasteiger partial charge in [0, 0.05) is 48.1 Å². The smallest absolute Gasteiger partial charge is 0.309 e. The first kappa shape index (κ1) is 22.6. The summed E-state index contributed by atoms with van der Waals surface area (Å²) in [6.07, 6.45) is 4.64. The predicted molar refractivity (Wildman–Crippen MR) is 122 cm³/mol. The molecular weight excluding hydrogens is 423 g/mol. The number of carbonyl (C=O) groups excluding carboxylic acids is 2. The van der Waals surface area contributed by atoms with Gasteiger partial charge in [0.2, 0.25) is 11.7 Å². The van der Waals surface area contributed by atoms with E-state index in [2.05, 4.69) is 9.97 Å². The molecule has 1 aromatic carbocycles. The summed E-state index contributed by atoms with van der Waals surface area (Å²) in [5.74, 6) is -0.521. The summed E-state index contributed by atoms with van der Waals surface area (Å²) in [6, 6.07) is 8.50. The number of esters is 1. The highest BCUT2D eigenvalue weighted by atomic mass is 19.1. The molecule has 0 spiro atoms. The fourth-order valence-corrected chi connectivity index (χ4v) is 4.27. The number of ether oxygens (including phenoxy) is 1. The van der Waals surface area contributed by atoms with E-state index in [4.69, 9.17) is 4.74 Å². The monoisotopic (exact) mass is 450 g/mol. The van der Waals surface area contributed by atoms with Crippen molar-refractivity contribution in [2.75, 3.05) is 24.6 Å². The average Bonchev–Trinajstić information content (AvgIpc) is 3.13. The Hall–Kier alpha value is -3.55. The van der Waals surface area contributed by atoms with Crippen LogP contribution in [0, 0.1) is 32.5 Å². The van der Waals surface area contributed by atoms with Gasteiger partial charge in [0.1, 0.15) is 5.82 Å². The van der Waals surface area contributed by atoms with Crippen LogP contribution in [0.15, 0.2) is 42.7 Å². The van der Waals surface area contributed by atoms with Crippen LogP contribution in [-0.2, 0) is 9.53 Å². The van der Waals surface area contributed by atoms with Crippen molar-refractivity contribution in [2.24, 2.45) is 5.92 Å². The van der Waals surface area contributed by atoms with E-state index in [1.54, 1.807) is 44.4 Å². The van der Waals surface area contributed by atoms with Crippen LogP contribution < -0.4 is 4.90 Å². The second-order valence-corrected chi connectivity index (χ2v) is 8.39. The number of halogens is 1. The van der Waals surface area contributed by atoms with Gasteiger partial charge in [0.15, 0.2) is 6.61 Å². The van der Waals surface area contributed by atoms with Crippen molar-refractivity contribution in [1.82, 2.24) is 14.5 Å². The van der Waals surface area contributed by atoms with Gasteiger partial charge in [-0.3, -0.25) is 9.59 Å². The van der Waals surface area contributed by atoms with Crippen molar-refractivity contribution in [2.45, 2.75) is 33.6 Å². The lowest BCUT2D eigenvalue weighted by atomic mass is 9.97. The van der Waals surface area contributed by atoms with Crippen molar-refractivity contribution in [3.05, 3.63) is 71.1 Å². The summed E-state index contributed by atoms with van der Waals surface area (Å²) in [6.45, 7) is 6.38. The minimum Gasteiger partial charge on any atom is -0.457 e. The summed E-state index contributed by atoms with van der Waals surface area (Å²) in [5, 5.41) is 0. The lowest BCUT2D eigenvalue weighted by molar-refractivity contribution is -0.148. The molecule has 1 fully saturated rings. The van der Waals surface area contributed by atoms with Crippen LogP contribution >= 0.6 is 0 Å². The highest BCUT2D eigenvalue weighted by molar-refractivity contribution is 5.99. The molecule has 3 aromatic rings. The van der Waals surface area contributed by atoms with Gasteiger partial charge in [0.05, 0.1) is 5.92 Å². The molecule has 4 rings (SSSR count). The van der Waals surface area contributed by atoms with Gasteiger partial charge in [-0.2, -0.15) is 0 Å². The van der Waals surface area contributed by atoms with Gasteiger partial charge < -0.3 is 14.2 Å². The van der Waals surface area contributed by atoms with Crippen LogP contribution in [0.25, 0.3) is 5.69 Å². The van der Waals surface area contributed by atoms with E-state index in [1.807, 2.05) is 22.5 Å². The van der Waals surface area contributed by atoms with Crippen LogP contribution in [0.5, 0.6) is 0 Å². The fourth-order valence-electron chi connectivity index (χ4n) is 4.27. The Labute approximate surface area is 192 Å². The quantitative estimate of drug-likeness (QED) is 0.418. The number of piperidine rings is 1. The molecule has 172 valence electrons. The maximum atomic E-state index is 14.1. The van der Waals surface area contributed by atoms with Crippen molar-refractivity contribution in [3.8, 4) is 5.69 Å². The molecule has 3 heterocycles. The van der Waals surface area contributed by atoms with Gasteiger partial charge in [0.25, 0.3) is 0 Å². The first-order valence-electron chi connectivity index (χ1n) is 11.0. The number of hydrogen-bond donors (Lipinski definition) is 0. The molecule has 0 amide bonds. The number of aryl methyl sites for hydroxylation is 2. The molecule has 2 aromatic heterocycles. The SMILES string of the molecule is Cc1ccc(-n2c(C)cc(C(=O)COC(=O)C3CCN(c4ncccn4)CC3)c2C)cc1F. The summed E-state index contributed by atoms with van der Waals surface area (Å²) in [5.41, 5.74) is 3.18. The first-order chi connectivity index (χ1) is 15.8. The van der Waals surface area contributed by atoms with Crippen molar-refractivity contribution in [1.29, 1.82) is 0 Å². The third-order valence-corrected chi connectivity index (χ3v) is 6.15. The van der Waals surface area contributed by atoms with Gasteiger partial charge in [-0.15, -0.1) is 0 Å². The van der Waals surface area contributed by atoms with Gasteiger partial charge >= 0.3 is 5.97 Å². The molecule has 0 N–H and O–H groups in total. The molecule has 0 saturated carbocycles. The van der Waals surface area contributed by atoms with E-state index in [-0.39, 0.29) is 30.1 Å². The molecule has 0 bridgehead atoms. The van der Waals surface area contributed by atoms with Crippen molar-refractivity contribution < 1.29 is 18.7 Å². The van der Waals surface area contributed by atoms with E-state index in [9.17, 15) is 14.0 Å². The number of anilines is 1. The second kappa shape index (κ2) is 9.52. The van der Waals surface area contributed by atoms with Gasteiger partial charge in [-0.1, -0.05) is 6.07 Å². The molecule has 0 radical (unpaired) electrons. The van der Waals surface area contributed by atoms with E-state index >= 15 is 0 Å². The number of hydrogen-bond acceptors (Lipinski definition) is 6. The zero-order valence-corrected chi connectivity index (χ0v) is 19.0. The predicted octanol–water partition coefficient (Wildman–Crippen LogP) is 3.97. The summed E-state index contributed by atoms with van der Waals surface area (Å²) in [4.78, 5) is 35.9. The number of nitrogens with zero attached hydrogens (tertiary/aromatic N) is 4. The Balaban J connectivity index is 1.36. The summed E-state index contributed by atoms with van der Waals surface area (Å²) in [7, 11) is 0. The number of aromatic nitrogens is 3. The number of Topliss-reactive ketones (excluding diaryl/α,β-unsaturated/α-hetero) is 1. The van der Waals surface area contributed by atoms with Crippen molar-refractivity contribution >= 4 is 17.7 Å². The van der Waals surface area contributed by atoms with Gasteiger partial charge in [-0.05, 0) is 63.4 Å². The van der Waals surface area contributed by atoms with Crippen LogP contribution in [0.4, 0.5) is 10.3 Å². The summed E-state index contributed by atoms with van der Waals surface area (Å²) < 4.78 is 21.3. The number of rotatable bonds is 6. The zero-order valence-electron chi connectivity index (χ0n) is 19.0. The first-order valence-corrected chi connectivity index (χ1v) is 11.0. The Bertz CT molecular complexity index is 1170. The molecule has 1 saturated heterocycles. The Kier molecular flexibility index (Phi) is 6.53. The molecule has 1 aliphatic rings. The van der Waals surface area contributed by atoms with Crippen LogP contribution in [0.2, 0.25) is 0 Å². The lowest BCUT2D eigenvalue weighted by Gasteiger charge is -2.30. The fraction of sp³-hybridized carbons (Fsp3) is 0.360. The average molecular weight is 451 g/mol. The van der Waals surface area contributed by atoms with Crippen LogP contribution in [-0.4, -0.2) is 46.0 Å². The molecular formula is C25H27FN4O3. The molecule has 33 heavy (non-hydrogen) atoms. The molecule has 0 atom stereocenters. The summed E-state index contributed by atoms with van der Waals surface area (Å²) >= 11 is 0. The Morgan fingerprint density at radius 3 is 2.45 bits per heavy atom. The number of ketones is 1. The number of benzene rings is 1. The van der Waals surface area contributed by atoms with E-state index in [1.165, 1.54) is 6.07 Å². The topological polar surface area (TPSA) is 77.3 Å². The Morgan fingerprint density at radius 1 is 1.09 bits per heavy atom. The van der Waals surface area contributed by atoms with Crippen LogP contribution in [0.3, 0.4) is 0 Å². The highest BCUT2D eigenvalue weighted by Crippen LogP contribution is 2.24. The molecule has 1 aliphatic heterocycles. The Morgan fingerprint density at radius 2 is 1.79 bits per heavy atom. The normalized spacial score (nSPS) is 14.4. The molecule has 0 aliphatic carbocycles. The minimum absolute atomic E-state index is 0.249. The lowest BCUT2D eigenvalue weighted by Crippen LogP contribution is -2.38. The molecule has 0 unspecified atom stereocenters. The third-order valence-electron chi connectivity index (χ3n) is 6.15. The van der Waals surface area contributed by atoms with Crippen LogP contribution in [0.1, 0.15) is 40.2 Å². The molecule has 7 nitrogen and oxygen atoms in total. The standard InChI is InChI=1S/C25H27FN4O3/c1-16-5-6-20(14-22(16)26)30-17(2)13-21(18(30)3)23(31)15-33-24(32)19-7-11-29(12-8-19)25-27-9-4-10-28-25/h4-6,9-10,13-14,19H,7-8,11-12,15H2,1-3H3. The third kappa shape index (κ3) is 4.79. The van der Waals surface area contributed by atoms with Gasteiger partial charge in [-0.25, -0.2) is 14.4 Å². The second-order valence-electron chi connectivity index (χ2n) is 8.39. The maximum Gasteiger partial charge on any atom is 0.309 e. The van der Waals surface area contributed by atoms with E-state index in [0.717, 1.165) is 5.69 Å². The maximum absolute atomic E-state index is 14.1. The largest absolute Gasteiger partial charge is 0.457 e. The van der Waals surface area contributed by atoms with E-state index < -0.39 is 0 Å². The highest BCUT2D eigenvalue weighted by Gasteiger charge is 2.28. The van der Waals surface area contributed by atoms with Crippen molar-refractivity contribution in [3.63, 3.8) is 0 Å². The van der Waals surface area contributed by atoms with E-state index in [0.29, 0.717) is 54.4 Å². The zero-order chi connectivity index (χ0) is 23.5.